The minimum Gasteiger partial charge on any atom is -0.378 e. The van der Waals surface area contributed by atoms with Crippen molar-refractivity contribution in [2.24, 2.45) is 0 Å². The van der Waals surface area contributed by atoms with Crippen LogP contribution in [0.2, 0.25) is 0 Å². The molecule has 0 saturated carbocycles. The standard InChI is InChI=1S/C21H21FN4O2/c1-13-4-7-17(11-18(13)22)26-12-15(10-19(26)27)20-23-21(28-24-20)14-5-8-16(9-6-14)25(2)3/h4-9,11,15H,10,12H2,1-3H3. The monoisotopic (exact) mass is 380 g/mol. The van der Waals surface area contributed by atoms with Gasteiger partial charge in [-0.25, -0.2) is 4.39 Å². The normalized spacial score (nSPS) is 16.6. The zero-order chi connectivity index (χ0) is 19.8. The Hall–Kier alpha value is -3.22. The summed E-state index contributed by atoms with van der Waals surface area (Å²) in [6.07, 6.45) is 0.272. The lowest BCUT2D eigenvalue weighted by atomic mass is 10.1. The largest absolute Gasteiger partial charge is 0.378 e. The Kier molecular flexibility index (Phi) is 4.58. The molecule has 3 aromatic rings. The molecule has 1 aromatic heterocycles. The molecule has 0 aliphatic carbocycles. The van der Waals surface area contributed by atoms with Gasteiger partial charge >= 0.3 is 0 Å². The quantitative estimate of drug-likeness (QED) is 0.689. The van der Waals surface area contributed by atoms with Crippen LogP contribution in [-0.4, -0.2) is 36.7 Å². The summed E-state index contributed by atoms with van der Waals surface area (Å²) < 4.78 is 19.3. The second kappa shape index (κ2) is 7.07. The predicted octanol–water partition coefficient (Wildman–Crippen LogP) is 3.77. The van der Waals surface area contributed by atoms with Gasteiger partial charge in [0.05, 0.1) is 0 Å². The van der Waals surface area contributed by atoms with E-state index in [4.69, 9.17) is 4.52 Å². The van der Waals surface area contributed by atoms with E-state index < -0.39 is 0 Å². The van der Waals surface area contributed by atoms with Gasteiger partial charge in [0.15, 0.2) is 5.82 Å². The number of hydrogen-bond donors (Lipinski definition) is 0. The van der Waals surface area contributed by atoms with Crippen LogP contribution in [0.4, 0.5) is 15.8 Å². The highest BCUT2D eigenvalue weighted by molar-refractivity contribution is 5.96. The topological polar surface area (TPSA) is 62.5 Å². The van der Waals surface area contributed by atoms with Gasteiger partial charge in [0.2, 0.25) is 5.91 Å². The fraction of sp³-hybridized carbons (Fsp3) is 0.286. The molecule has 28 heavy (non-hydrogen) atoms. The fourth-order valence-electron chi connectivity index (χ4n) is 3.30. The van der Waals surface area contributed by atoms with Crippen molar-refractivity contribution in [2.45, 2.75) is 19.3 Å². The van der Waals surface area contributed by atoms with Crippen molar-refractivity contribution in [2.75, 3.05) is 30.4 Å². The number of carbonyl (C=O) groups excluding carboxylic acids is 1. The molecule has 0 N–H and O–H groups in total. The van der Waals surface area contributed by atoms with Crippen LogP contribution in [0.15, 0.2) is 47.0 Å². The molecule has 0 spiro atoms. The summed E-state index contributed by atoms with van der Waals surface area (Å²) in [5.41, 5.74) is 3.01. The molecule has 1 fully saturated rings. The molecule has 1 unspecified atom stereocenters. The van der Waals surface area contributed by atoms with Crippen LogP contribution in [0.5, 0.6) is 0 Å². The van der Waals surface area contributed by atoms with Gasteiger partial charge in [-0.2, -0.15) is 4.98 Å². The van der Waals surface area contributed by atoms with Crippen molar-refractivity contribution >= 4 is 17.3 Å². The molecule has 1 saturated heterocycles. The van der Waals surface area contributed by atoms with Crippen LogP contribution in [0.25, 0.3) is 11.5 Å². The molecule has 0 radical (unpaired) electrons. The summed E-state index contributed by atoms with van der Waals surface area (Å²) in [4.78, 5) is 20.5. The van der Waals surface area contributed by atoms with Crippen molar-refractivity contribution in [3.8, 4) is 11.5 Å². The van der Waals surface area contributed by atoms with Crippen LogP contribution in [0.1, 0.15) is 23.7 Å². The van der Waals surface area contributed by atoms with Crippen LogP contribution in [0, 0.1) is 12.7 Å². The number of benzene rings is 2. The van der Waals surface area contributed by atoms with Crippen molar-refractivity contribution in [1.82, 2.24) is 10.1 Å². The molecule has 1 aliphatic heterocycles. The van der Waals surface area contributed by atoms with E-state index in [-0.39, 0.29) is 24.1 Å². The molecule has 6 nitrogen and oxygen atoms in total. The SMILES string of the molecule is Cc1ccc(N2CC(c3noc(-c4ccc(N(C)C)cc4)n3)CC2=O)cc1F. The predicted molar refractivity (Wildman–Crippen MR) is 105 cm³/mol. The number of anilines is 2. The molecule has 0 bridgehead atoms. The Morgan fingerprint density at radius 1 is 1.18 bits per heavy atom. The molecule has 7 heteroatoms. The minimum atomic E-state index is -0.322. The third-order valence-electron chi connectivity index (χ3n) is 5.03. The number of aromatic nitrogens is 2. The van der Waals surface area contributed by atoms with Crippen molar-refractivity contribution in [3.63, 3.8) is 0 Å². The number of hydrogen-bond acceptors (Lipinski definition) is 5. The summed E-state index contributed by atoms with van der Waals surface area (Å²) in [6.45, 7) is 2.10. The highest BCUT2D eigenvalue weighted by Gasteiger charge is 2.34. The van der Waals surface area contributed by atoms with E-state index in [1.54, 1.807) is 24.0 Å². The summed E-state index contributed by atoms with van der Waals surface area (Å²) >= 11 is 0. The van der Waals surface area contributed by atoms with E-state index in [1.807, 2.05) is 43.3 Å². The van der Waals surface area contributed by atoms with Gasteiger partial charge in [-0.1, -0.05) is 11.2 Å². The van der Waals surface area contributed by atoms with E-state index in [1.165, 1.54) is 6.07 Å². The zero-order valence-electron chi connectivity index (χ0n) is 16.0. The first kappa shape index (κ1) is 18.2. The second-order valence-corrected chi connectivity index (χ2v) is 7.24. The maximum Gasteiger partial charge on any atom is 0.257 e. The summed E-state index contributed by atoms with van der Waals surface area (Å²) in [5, 5.41) is 4.08. The van der Waals surface area contributed by atoms with Crippen molar-refractivity contribution in [3.05, 3.63) is 59.7 Å². The Labute approximate surface area is 162 Å². The molecule has 1 atom stereocenters. The van der Waals surface area contributed by atoms with E-state index >= 15 is 0 Å². The van der Waals surface area contributed by atoms with Gasteiger partial charge in [-0.05, 0) is 48.9 Å². The molecule has 144 valence electrons. The van der Waals surface area contributed by atoms with Gasteiger partial charge in [0.25, 0.3) is 5.89 Å². The van der Waals surface area contributed by atoms with Gasteiger partial charge < -0.3 is 14.3 Å². The highest BCUT2D eigenvalue weighted by Crippen LogP contribution is 2.32. The first-order valence-electron chi connectivity index (χ1n) is 9.10. The molecule has 2 heterocycles. The van der Waals surface area contributed by atoms with Crippen LogP contribution < -0.4 is 9.80 Å². The summed E-state index contributed by atoms with van der Waals surface area (Å²) in [6, 6.07) is 12.6. The van der Waals surface area contributed by atoms with Crippen LogP contribution >= 0.6 is 0 Å². The van der Waals surface area contributed by atoms with E-state index in [0.717, 1.165) is 11.3 Å². The van der Waals surface area contributed by atoms with E-state index in [2.05, 4.69) is 10.1 Å². The molecular formula is C21H21FN4O2. The summed E-state index contributed by atoms with van der Waals surface area (Å²) in [5.74, 6) is 0.338. The number of rotatable bonds is 4. The smallest absolute Gasteiger partial charge is 0.257 e. The zero-order valence-corrected chi connectivity index (χ0v) is 16.0. The van der Waals surface area contributed by atoms with E-state index in [0.29, 0.717) is 29.5 Å². The highest BCUT2D eigenvalue weighted by atomic mass is 19.1. The Morgan fingerprint density at radius 3 is 2.61 bits per heavy atom. The average molecular weight is 380 g/mol. The third kappa shape index (κ3) is 3.35. The Balaban J connectivity index is 1.53. The van der Waals surface area contributed by atoms with Gasteiger partial charge in [-0.3, -0.25) is 4.79 Å². The number of carbonyl (C=O) groups is 1. The maximum absolute atomic E-state index is 13.9. The lowest BCUT2D eigenvalue weighted by Gasteiger charge is -2.16. The lowest BCUT2D eigenvalue weighted by Crippen LogP contribution is -2.24. The van der Waals surface area contributed by atoms with Crippen molar-refractivity contribution in [1.29, 1.82) is 0 Å². The first-order valence-corrected chi connectivity index (χ1v) is 9.10. The number of amides is 1. The maximum atomic E-state index is 13.9. The third-order valence-corrected chi connectivity index (χ3v) is 5.03. The van der Waals surface area contributed by atoms with Gasteiger partial charge in [0.1, 0.15) is 5.82 Å². The average Bonchev–Trinajstić information content (AvgIpc) is 3.31. The van der Waals surface area contributed by atoms with Crippen LogP contribution in [0.3, 0.4) is 0 Å². The Morgan fingerprint density at radius 2 is 1.93 bits per heavy atom. The molecule has 1 amide bonds. The molecule has 2 aromatic carbocycles. The Bertz CT molecular complexity index is 1010. The van der Waals surface area contributed by atoms with Crippen LogP contribution in [-0.2, 0) is 4.79 Å². The molecule has 1 aliphatic rings. The van der Waals surface area contributed by atoms with E-state index in [9.17, 15) is 9.18 Å². The number of aryl methyl sites for hydroxylation is 1. The number of nitrogens with zero attached hydrogens (tertiary/aromatic N) is 4. The van der Waals surface area contributed by atoms with Crippen molar-refractivity contribution < 1.29 is 13.7 Å². The molecular weight excluding hydrogens is 359 g/mol. The summed E-state index contributed by atoms with van der Waals surface area (Å²) in [7, 11) is 3.95. The van der Waals surface area contributed by atoms with Gasteiger partial charge in [-0.15, -0.1) is 0 Å². The molecule has 4 rings (SSSR count). The minimum absolute atomic E-state index is 0.0741. The lowest BCUT2D eigenvalue weighted by molar-refractivity contribution is -0.117. The van der Waals surface area contributed by atoms with Gasteiger partial charge in [0, 0.05) is 49.9 Å². The fourth-order valence-corrected chi connectivity index (χ4v) is 3.30. The second-order valence-electron chi connectivity index (χ2n) is 7.24. The first-order chi connectivity index (χ1) is 13.4. The number of halogens is 1.